The van der Waals surface area contributed by atoms with Gasteiger partial charge in [0.2, 0.25) is 0 Å². The molecular weight excluding hydrogens is 282 g/mol. The molecule has 0 saturated carbocycles. The second-order valence-corrected chi connectivity index (χ2v) is 4.35. The van der Waals surface area contributed by atoms with Gasteiger partial charge in [0.05, 0.1) is 11.1 Å². The predicted molar refractivity (Wildman–Crippen MR) is 63.8 cm³/mol. The topological polar surface area (TPSA) is 26.0 Å². The highest BCUT2D eigenvalue weighted by Crippen LogP contribution is 2.27. The van der Waals surface area contributed by atoms with Gasteiger partial charge in [-0.3, -0.25) is 0 Å². The van der Waals surface area contributed by atoms with E-state index in [4.69, 9.17) is 17.3 Å². The van der Waals surface area contributed by atoms with E-state index in [1.54, 1.807) is 0 Å². The Morgan fingerprint density at radius 2 is 1.53 bits per heavy atom. The molecule has 1 unspecified atom stereocenters. The minimum atomic E-state index is -1.12. The lowest BCUT2D eigenvalue weighted by atomic mass is 9.99. The van der Waals surface area contributed by atoms with Crippen molar-refractivity contribution in [1.82, 2.24) is 0 Å². The summed E-state index contributed by atoms with van der Waals surface area (Å²) < 4.78 is 52.8. The standard InChI is InChI=1S/C13H8ClF4N/c14-8-5-10(16)7(4-11(8)17)13(19)6-1-2-9(15)12(18)3-6/h1-5,13H,19H2. The van der Waals surface area contributed by atoms with Crippen LogP contribution in [0.5, 0.6) is 0 Å². The molecule has 0 aliphatic heterocycles. The van der Waals surface area contributed by atoms with Gasteiger partial charge in [0.25, 0.3) is 0 Å². The lowest BCUT2D eigenvalue weighted by molar-refractivity contribution is 0.505. The molecule has 1 atom stereocenters. The first-order valence-corrected chi connectivity index (χ1v) is 5.63. The summed E-state index contributed by atoms with van der Waals surface area (Å²) in [7, 11) is 0. The van der Waals surface area contributed by atoms with Crippen LogP contribution in [0.1, 0.15) is 17.2 Å². The fourth-order valence-corrected chi connectivity index (χ4v) is 1.81. The van der Waals surface area contributed by atoms with E-state index in [0.29, 0.717) is 0 Å². The maximum Gasteiger partial charge on any atom is 0.159 e. The Kier molecular flexibility index (Phi) is 3.78. The van der Waals surface area contributed by atoms with Gasteiger partial charge in [-0.15, -0.1) is 0 Å². The molecule has 0 aromatic heterocycles. The summed E-state index contributed by atoms with van der Waals surface area (Å²) in [4.78, 5) is 0. The van der Waals surface area contributed by atoms with Gasteiger partial charge in [0.15, 0.2) is 11.6 Å². The molecule has 2 N–H and O–H groups in total. The van der Waals surface area contributed by atoms with Gasteiger partial charge in [-0.05, 0) is 29.8 Å². The molecule has 2 aromatic rings. The quantitative estimate of drug-likeness (QED) is 0.657. The summed E-state index contributed by atoms with van der Waals surface area (Å²) in [5.41, 5.74) is 5.65. The molecule has 0 amide bonds. The fraction of sp³-hybridized carbons (Fsp3) is 0.0769. The molecule has 0 aliphatic carbocycles. The summed E-state index contributed by atoms with van der Waals surface area (Å²) >= 11 is 5.42. The maximum absolute atomic E-state index is 13.6. The maximum atomic E-state index is 13.6. The average molecular weight is 290 g/mol. The number of rotatable bonds is 2. The molecule has 1 nitrogen and oxygen atoms in total. The molecule has 100 valence electrons. The molecule has 0 heterocycles. The van der Waals surface area contributed by atoms with Crippen LogP contribution in [-0.2, 0) is 0 Å². The van der Waals surface area contributed by atoms with E-state index >= 15 is 0 Å². The minimum Gasteiger partial charge on any atom is -0.320 e. The van der Waals surface area contributed by atoms with Gasteiger partial charge in [0, 0.05) is 5.56 Å². The Morgan fingerprint density at radius 1 is 0.842 bits per heavy atom. The zero-order chi connectivity index (χ0) is 14.2. The number of hydrogen-bond acceptors (Lipinski definition) is 1. The summed E-state index contributed by atoms with van der Waals surface area (Å²) in [5, 5.41) is -0.376. The smallest absolute Gasteiger partial charge is 0.159 e. The Labute approximate surface area is 111 Å². The molecule has 0 bridgehead atoms. The summed E-state index contributed by atoms with van der Waals surface area (Å²) in [6, 6.07) is 3.41. The van der Waals surface area contributed by atoms with E-state index in [0.717, 1.165) is 24.3 Å². The van der Waals surface area contributed by atoms with Gasteiger partial charge in [0.1, 0.15) is 11.6 Å². The third-order valence-corrected chi connectivity index (χ3v) is 2.97. The van der Waals surface area contributed by atoms with Crippen molar-refractivity contribution in [2.24, 2.45) is 5.73 Å². The molecule has 2 rings (SSSR count). The van der Waals surface area contributed by atoms with E-state index < -0.39 is 29.3 Å². The van der Waals surface area contributed by atoms with Gasteiger partial charge >= 0.3 is 0 Å². The summed E-state index contributed by atoms with van der Waals surface area (Å²) in [6.45, 7) is 0. The van der Waals surface area contributed by atoms with Crippen LogP contribution in [0.2, 0.25) is 5.02 Å². The third kappa shape index (κ3) is 2.72. The third-order valence-electron chi connectivity index (χ3n) is 2.68. The first-order valence-electron chi connectivity index (χ1n) is 5.25. The Bertz CT molecular complexity index is 630. The van der Waals surface area contributed by atoms with Gasteiger partial charge in [-0.25, -0.2) is 17.6 Å². The van der Waals surface area contributed by atoms with Crippen molar-refractivity contribution in [2.45, 2.75) is 6.04 Å². The van der Waals surface area contributed by atoms with Crippen LogP contribution in [-0.4, -0.2) is 0 Å². The van der Waals surface area contributed by atoms with Gasteiger partial charge in [-0.1, -0.05) is 17.7 Å². The van der Waals surface area contributed by atoms with Crippen molar-refractivity contribution in [3.63, 3.8) is 0 Å². The van der Waals surface area contributed by atoms with E-state index in [-0.39, 0.29) is 16.1 Å². The molecule has 6 heteroatoms. The van der Waals surface area contributed by atoms with Crippen molar-refractivity contribution in [3.05, 3.63) is 69.8 Å². The normalized spacial score (nSPS) is 12.5. The number of benzene rings is 2. The Hall–Kier alpha value is -1.59. The number of halogens is 5. The number of hydrogen-bond donors (Lipinski definition) is 1. The second kappa shape index (κ2) is 5.19. The molecular formula is C13H8ClF4N. The van der Waals surface area contributed by atoms with Crippen LogP contribution in [0.25, 0.3) is 0 Å². The van der Waals surface area contributed by atoms with E-state index in [1.165, 1.54) is 6.07 Å². The first-order chi connectivity index (χ1) is 8.90. The first kappa shape index (κ1) is 13.8. The molecule has 0 saturated heterocycles. The zero-order valence-corrected chi connectivity index (χ0v) is 10.2. The summed E-state index contributed by atoms with van der Waals surface area (Å²) in [6.07, 6.45) is 0. The number of nitrogens with two attached hydrogens (primary N) is 1. The second-order valence-electron chi connectivity index (χ2n) is 3.94. The molecule has 0 spiro atoms. The Balaban J connectivity index is 2.46. The highest BCUT2D eigenvalue weighted by Gasteiger charge is 2.18. The molecule has 0 fully saturated rings. The largest absolute Gasteiger partial charge is 0.320 e. The van der Waals surface area contributed by atoms with Gasteiger partial charge in [-0.2, -0.15) is 0 Å². The van der Waals surface area contributed by atoms with Crippen molar-refractivity contribution in [2.75, 3.05) is 0 Å². The average Bonchev–Trinajstić information content (AvgIpc) is 2.36. The van der Waals surface area contributed by atoms with Gasteiger partial charge < -0.3 is 5.73 Å². The van der Waals surface area contributed by atoms with Crippen molar-refractivity contribution in [1.29, 1.82) is 0 Å². The van der Waals surface area contributed by atoms with Crippen LogP contribution < -0.4 is 5.73 Å². The van der Waals surface area contributed by atoms with Crippen LogP contribution in [0.4, 0.5) is 17.6 Å². The van der Waals surface area contributed by atoms with Crippen LogP contribution >= 0.6 is 11.6 Å². The minimum absolute atomic E-state index is 0.125. The summed E-state index contributed by atoms with van der Waals surface area (Å²) in [5.74, 6) is -3.80. The SMILES string of the molecule is NC(c1ccc(F)c(F)c1)c1cc(F)c(Cl)cc1F. The molecule has 19 heavy (non-hydrogen) atoms. The highest BCUT2D eigenvalue weighted by atomic mass is 35.5. The molecule has 2 aromatic carbocycles. The lowest BCUT2D eigenvalue weighted by Crippen LogP contribution is -2.14. The zero-order valence-electron chi connectivity index (χ0n) is 9.43. The lowest BCUT2D eigenvalue weighted by Gasteiger charge is -2.14. The van der Waals surface area contributed by atoms with Crippen molar-refractivity contribution in [3.8, 4) is 0 Å². The molecule has 0 aliphatic rings. The van der Waals surface area contributed by atoms with Crippen LogP contribution in [0.3, 0.4) is 0 Å². The molecule has 0 radical (unpaired) electrons. The van der Waals surface area contributed by atoms with Crippen molar-refractivity contribution < 1.29 is 17.6 Å². The van der Waals surface area contributed by atoms with Crippen LogP contribution in [0.15, 0.2) is 30.3 Å². The fourth-order valence-electron chi connectivity index (χ4n) is 1.66. The Morgan fingerprint density at radius 3 is 2.16 bits per heavy atom. The monoisotopic (exact) mass is 289 g/mol. The predicted octanol–water partition coefficient (Wildman–Crippen LogP) is 3.94. The van der Waals surface area contributed by atoms with Crippen LogP contribution in [0, 0.1) is 23.3 Å². The van der Waals surface area contributed by atoms with E-state index in [2.05, 4.69) is 0 Å². The van der Waals surface area contributed by atoms with Crippen molar-refractivity contribution >= 4 is 11.6 Å². The van der Waals surface area contributed by atoms with E-state index in [1.807, 2.05) is 0 Å². The van der Waals surface area contributed by atoms with E-state index in [9.17, 15) is 17.6 Å². The highest BCUT2D eigenvalue weighted by molar-refractivity contribution is 6.30.